The van der Waals surface area contributed by atoms with Gasteiger partial charge in [0.2, 0.25) is 5.91 Å². The van der Waals surface area contributed by atoms with E-state index in [0.717, 1.165) is 28.1 Å². The number of halogens is 1. The van der Waals surface area contributed by atoms with E-state index < -0.39 is 0 Å². The first-order chi connectivity index (χ1) is 13.0. The third kappa shape index (κ3) is 3.16. The molecule has 138 valence electrons. The fourth-order valence-electron chi connectivity index (χ4n) is 3.74. The van der Waals surface area contributed by atoms with Crippen LogP contribution in [0.15, 0.2) is 48.7 Å². The van der Waals surface area contributed by atoms with Crippen molar-refractivity contribution >= 4 is 23.4 Å². The first-order valence-corrected chi connectivity index (χ1v) is 9.95. The number of aryl methyl sites for hydroxylation is 3. The van der Waals surface area contributed by atoms with Gasteiger partial charge in [-0.15, -0.1) is 11.8 Å². The van der Waals surface area contributed by atoms with Gasteiger partial charge in [-0.2, -0.15) is 0 Å². The molecule has 1 aliphatic heterocycles. The second kappa shape index (κ2) is 6.89. The van der Waals surface area contributed by atoms with E-state index in [0.29, 0.717) is 5.75 Å². The van der Waals surface area contributed by atoms with Gasteiger partial charge in [0, 0.05) is 23.1 Å². The van der Waals surface area contributed by atoms with Crippen LogP contribution in [0.25, 0.3) is 11.1 Å². The third-order valence-electron chi connectivity index (χ3n) is 5.04. The van der Waals surface area contributed by atoms with Crippen LogP contribution in [0.3, 0.4) is 0 Å². The average molecular weight is 380 g/mol. The Morgan fingerprint density at radius 3 is 2.44 bits per heavy atom. The summed E-state index contributed by atoms with van der Waals surface area (Å²) in [6, 6.07) is 12.6. The van der Waals surface area contributed by atoms with E-state index in [1.807, 2.05) is 24.1 Å². The number of H-pyrrole nitrogens is 1. The van der Waals surface area contributed by atoms with Gasteiger partial charge < -0.3 is 4.98 Å². The Kier molecular flexibility index (Phi) is 4.56. The van der Waals surface area contributed by atoms with E-state index >= 15 is 0 Å². The van der Waals surface area contributed by atoms with E-state index in [-0.39, 0.29) is 17.1 Å². The minimum atomic E-state index is -0.266. The largest absolute Gasteiger partial charge is 0.364 e. The van der Waals surface area contributed by atoms with Gasteiger partial charge in [0.05, 0.1) is 5.75 Å². The molecule has 0 spiro atoms. The van der Waals surface area contributed by atoms with Crippen molar-refractivity contribution < 1.29 is 9.18 Å². The summed E-state index contributed by atoms with van der Waals surface area (Å²) < 4.78 is 13.3. The monoisotopic (exact) mass is 380 g/mol. The second-order valence-corrected chi connectivity index (χ2v) is 8.02. The highest BCUT2D eigenvalue weighted by molar-refractivity contribution is 8.00. The van der Waals surface area contributed by atoms with Gasteiger partial charge >= 0.3 is 0 Å². The molecule has 0 aliphatic carbocycles. The van der Waals surface area contributed by atoms with E-state index in [4.69, 9.17) is 0 Å². The number of nitrogens with zero attached hydrogens (tertiary/aromatic N) is 1. The Morgan fingerprint density at radius 1 is 1.07 bits per heavy atom. The first kappa shape index (κ1) is 17.9. The number of rotatable bonds is 3. The predicted molar refractivity (Wildman–Crippen MR) is 110 cm³/mol. The lowest BCUT2D eigenvalue weighted by Crippen LogP contribution is -2.28. The van der Waals surface area contributed by atoms with Crippen LogP contribution in [0, 0.1) is 26.6 Å². The molecule has 1 aromatic heterocycles. The van der Waals surface area contributed by atoms with Crippen molar-refractivity contribution in [3.05, 3.63) is 76.9 Å². The molecule has 1 atom stereocenters. The molecule has 3 nitrogen and oxygen atoms in total. The number of hydrogen-bond acceptors (Lipinski definition) is 2. The van der Waals surface area contributed by atoms with Gasteiger partial charge in [-0.3, -0.25) is 9.69 Å². The smallest absolute Gasteiger partial charge is 0.238 e. The number of thioether (sulfide) groups is 1. The highest BCUT2D eigenvalue weighted by Gasteiger charge is 2.34. The normalized spacial score (nSPS) is 17.0. The zero-order valence-corrected chi connectivity index (χ0v) is 16.4. The van der Waals surface area contributed by atoms with Gasteiger partial charge in [0.1, 0.15) is 11.2 Å². The molecule has 1 amide bonds. The number of carbonyl (C=O) groups excluding carboxylic acids is 1. The van der Waals surface area contributed by atoms with Crippen LogP contribution >= 0.6 is 11.8 Å². The van der Waals surface area contributed by atoms with Crippen molar-refractivity contribution in [2.75, 3.05) is 10.7 Å². The number of hydrogen-bond donors (Lipinski definition) is 1. The van der Waals surface area contributed by atoms with Gasteiger partial charge in [-0.25, -0.2) is 4.39 Å². The van der Waals surface area contributed by atoms with Crippen molar-refractivity contribution in [1.29, 1.82) is 0 Å². The minimum Gasteiger partial charge on any atom is -0.364 e. The Bertz CT molecular complexity index is 990. The SMILES string of the molecule is Cc1cc(-c2c(C)c[nH]c2C)ccc1N1C(=O)CSC1c1ccc(F)cc1. The predicted octanol–water partition coefficient (Wildman–Crippen LogP) is 5.52. The number of nitrogens with one attached hydrogen (secondary N) is 1. The molecular formula is C22H21FN2OS. The summed E-state index contributed by atoms with van der Waals surface area (Å²) in [6.45, 7) is 6.19. The van der Waals surface area contributed by atoms with E-state index in [2.05, 4.69) is 31.0 Å². The maximum Gasteiger partial charge on any atom is 0.238 e. The Labute approximate surface area is 162 Å². The zero-order chi connectivity index (χ0) is 19.1. The van der Waals surface area contributed by atoms with Crippen LogP contribution in [0.1, 0.15) is 27.8 Å². The van der Waals surface area contributed by atoms with Crippen LogP contribution in [0.5, 0.6) is 0 Å². The molecule has 0 saturated carbocycles. The van der Waals surface area contributed by atoms with Crippen LogP contribution in [-0.4, -0.2) is 16.6 Å². The van der Waals surface area contributed by atoms with Crippen LogP contribution in [0.4, 0.5) is 10.1 Å². The van der Waals surface area contributed by atoms with Gasteiger partial charge in [-0.05, 0) is 67.3 Å². The van der Waals surface area contributed by atoms with Crippen LogP contribution in [0.2, 0.25) is 0 Å². The second-order valence-electron chi connectivity index (χ2n) is 6.95. The fraction of sp³-hybridized carbons (Fsp3) is 0.227. The van der Waals surface area contributed by atoms with Gasteiger partial charge in [0.25, 0.3) is 0 Å². The number of carbonyl (C=O) groups is 1. The average Bonchev–Trinajstić information content (AvgIpc) is 3.18. The number of amides is 1. The third-order valence-corrected chi connectivity index (χ3v) is 6.25. The molecule has 2 heterocycles. The molecule has 0 radical (unpaired) electrons. The summed E-state index contributed by atoms with van der Waals surface area (Å²) in [5, 5.41) is -0.126. The van der Waals surface area contributed by atoms with Crippen molar-refractivity contribution in [2.24, 2.45) is 0 Å². The molecular weight excluding hydrogens is 359 g/mol. The summed E-state index contributed by atoms with van der Waals surface area (Å²) in [7, 11) is 0. The number of anilines is 1. The lowest BCUT2D eigenvalue weighted by molar-refractivity contribution is -0.115. The molecule has 1 saturated heterocycles. The molecule has 3 aromatic rings. The van der Waals surface area contributed by atoms with Crippen LogP contribution < -0.4 is 4.90 Å². The maximum absolute atomic E-state index is 13.3. The highest BCUT2D eigenvalue weighted by Crippen LogP contribution is 2.43. The molecule has 0 bridgehead atoms. The molecule has 27 heavy (non-hydrogen) atoms. The Hall–Kier alpha value is -2.53. The van der Waals surface area contributed by atoms with Gasteiger partial charge in [0.15, 0.2) is 0 Å². The lowest BCUT2D eigenvalue weighted by Gasteiger charge is -2.26. The summed E-state index contributed by atoms with van der Waals surface area (Å²) in [5.74, 6) is 0.246. The van der Waals surface area contributed by atoms with Crippen molar-refractivity contribution in [3.8, 4) is 11.1 Å². The molecule has 1 unspecified atom stereocenters. The summed E-state index contributed by atoms with van der Waals surface area (Å²) >= 11 is 1.58. The molecule has 1 aliphatic rings. The van der Waals surface area contributed by atoms with E-state index in [9.17, 15) is 9.18 Å². The summed E-state index contributed by atoms with van der Waals surface area (Å²) in [4.78, 5) is 17.7. The van der Waals surface area contributed by atoms with E-state index in [1.54, 1.807) is 23.9 Å². The Balaban J connectivity index is 1.73. The number of aromatic amines is 1. The van der Waals surface area contributed by atoms with Crippen molar-refractivity contribution in [1.82, 2.24) is 4.98 Å². The van der Waals surface area contributed by atoms with Gasteiger partial charge in [-0.1, -0.05) is 18.2 Å². The minimum absolute atomic E-state index is 0.0826. The zero-order valence-electron chi connectivity index (χ0n) is 15.5. The lowest BCUT2D eigenvalue weighted by atomic mass is 9.99. The molecule has 1 N–H and O–H groups in total. The van der Waals surface area contributed by atoms with Crippen molar-refractivity contribution in [3.63, 3.8) is 0 Å². The van der Waals surface area contributed by atoms with E-state index in [1.165, 1.54) is 23.3 Å². The summed E-state index contributed by atoms with van der Waals surface area (Å²) in [6.07, 6.45) is 2.01. The first-order valence-electron chi connectivity index (χ1n) is 8.90. The maximum atomic E-state index is 13.3. The standard InChI is InChI=1S/C22H21FN2OS/c1-13-10-17(21-14(2)11-24-15(21)3)6-9-19(13)25-20(26)12-27-22(25)16-4-7-18(23)8-5-16/h4-11,22,24H,12H2,1-3H3. The fourth-order valence-corrected chi connectivity index (χ4v) is 4.91. The molecule has 1 fully saturated rings. The summed E-state index contributed by atoms with van der Waals surface area (Å²) in [5.41, 5.74) is 7.60. The van der Waals surface area contributed by atoms with Crippen LogP contribution in [-0.2, 0) is 4.79 Å². The molecule has 2 aromatic carbocycles. The molecule has 5 heteroatoms. The number of aromatic nitrogens is 1. The quantitative estimate of drug-likeness (QED) is 0.649. The van der Waals surface area contributed by atoms with Crippen molar-refractivity contribution in [2.45, 2.75) is 26.1 Å². The molecule has 4 rings (SSSR count). The Morgan fingerprint density at radius 2 is 1.81 bits per heavy atom. The topological polar surface area (TPSA) is 36.1 Å². The number of benzene rings is 2. The highest BCUT2D eigenvalue weighted by atomic mass is 32.2.